The highest BCUT2D eigenvalue weighted by atomic mass is 35.5. The Kier molecular flexibility index (Phi) is 7.74. The molecule has 0 spiro atoms. The van der Waals surface area contributed by atoms with Crippen LogP contribution in [0, 0.1) is 0 Å². The van der Waals surface area contributed by atoms with Crippen LogP contribution < -0.4 is 14.8 Å². The van der Waals surface area contributed by atoms with E-state index in [0.717, 1.165) is 0 Å². The Morgan fingerprint density at radius 2 is 1.37 bits per heavy atom. The van der Waals surface area contributed by atoms with E-state index in [9.17, 15) is 15.0 Å². The number of rotatable bonds is 9. The first-order chi connectivity index (χ1) is 12.9. The van der Waals surface area contributed by atoms with Crippen molar-refractivity contribution in [2.75, 3.05) is 13.2 Å². The van der Waals surface area contributed by atoms with Gasteiger partial charge in [-0.1, -0.05) is 30.1 Å². The summed E-state index contributed by atoms with van der Waals surface area (Å²) >= 11 is 11.7. The van der Waals surface area contributed by atoms with Gasteiger partial charge >= 0.3 is 12.2 Å². The first kappa shape index (κ1) is 21.3. The summed E-state index contributed by atoms with van der Waals surface area (Å²) in [5.41, 5.74) is -1.18. The van der Waals surface area contributed by atoms with Crippen LogP contribution in [0.2, 0.25) is 10.0 Å². The van der Waals surface area contributed by atoms with E-state index in [4.69, 9.17) is 32.7 Å². The zero-order chi connectivity index (χ0) is 19.9. The van der Waals surface area contributed by atoms with E-state index in [0.29, 0.717) is 28.0 Å². The molecule has 0 saturated carbocycles. The molecule has 6 nitrogen and oxygen atoms in total. The van der Waals surface area contributed by atoms with Crippen LogP contribution in [0.4, 0.5) is 0 Å². The number of nitrogens with one attached hydrogen (secondary N) is 1. The minimum Gasteiger partial charge on any atom is -0.446 e. The van der Waals surface area contributed by atoms with E-state index >= 15 is 0 Å². The lowest BCUT2D eigenvalue weighted by molar-refractivity contribution is -0.143. The van der Waals surface area contributed by atoms with Crippen LogP contribution in [-0.4, -0.2) is 41.2 Å². The molecule has 3 N–H and O–H groups in total. The Morgan fingerprint density at radius 3 is 1.70 bits per heavy atom. The van der Waals surface area contributed by atoms with Crippen LogP contribution in [0.1, 0.15) is 13.3 Å². The van der Waals surface area contributed by atoms with Gasteiger partial charge in [0, 0.05) is 10.0 Å². The second-order valence-corrected chi connectivity index (χ2v) is 6.79. The van der Waals surface area contributed by atoms with Gasteiger partial charge < -0.3 is 25.0 Å². The van der Waals surface area contributed by atoms with E-state index in [-0.39, 0.29) is 0 Å². The lowest BCUT2D eigenvalue weighted by Gasteiger charge is -2.31. The van der Waals surface area contributed by atoms with Gasteiger partial charge in [-0.3, -0.25) is 4.79 Å². The van der Waals surface area contributed by atoms with Crippen molar-refractivity contribution in [3.05, 3.63) is 58.6 Å². The second-order valence-electron chi connectivity index (χ2n) is 5.91. The highest BCUT2D eigenvalue weighted by Crippen LogP contribution is 2.21. The molecule has 2 aromatic rings. The number of hydrogen-bond acceptors (Lipinski definition) is 5. The maximum atomic E-state index is 12.7. The van der Waals surface area contributed by atoms with Gasteiger partial charge in [-0.15, -0.1) is 0 Å². The highest BCUT2D eigenvalue weighted by molar-refractivity contribution is 6.30. The summed E-state index contributed by atoms with van der Waals surface area (Å²) in [6.45, 7) is 0.878. The summed E-state index contributed by atoms with van der Waals surface area (Å²) in [6.07, 6.45) is -1.04. The van der Waals surface area contributed by atoms with Crippen LogP contribution in [0.15, 0.2) is 48.5 Å². The topological polar surface area (TPSA) is 88.0 Å². The monoisotopic (exact) mass is 413 g/mol. The number of aliphatic hydroxyl groups excluding tert-OH is 2. The molecule has 0 saturated heterocycles. The number of carbonyl (C=O) groups is 1. The fraction of sp³-hybridized carbons (Fsp3) is 0.316. The minimum atomic E-state index is -1.36. The minimum absolute atomic E-state index is 0.320. The van der Waals surface area contributed by atoms with Gasteiger partial charge in [0.15, 0.2) is 0 Å². The number of ether oxygens (including phenoxy) is 2. The smallest absolute Gasteiger partial charge is 0.321 e. The molecular formula is C19H21Cl2NO5. The Bertz CT molecular complexity index is 677. The summed E-state index contributed by atoms with van der Waals surface area (Å²) in [4.78, 5) is 12.7. The molecular weight excluding hydrogens is 393 g/mol. The number of carbonyl (C=O) groups excluding carboxylic acids is 1. The first-order valence-electron chi connectivity index (χ1n) is 8.29. The third-order valence-corrected chi connectivity index (χ3v) is 4.50. The van der Waals surface area contributed by atoms with Gasteiger partial charge in [-0.05, 0) is 55.0 Å². The van der Waals surface area contributed by atoms with Gasteiger partial charge in [-0.2, -0.15) is 0 Å². The van der Waals surface area contributed by atoms with E-state index in [1.807, 2.05) is 0 Å². The average Bonchev–Trinajstić information content (AvgIpc) is 2.69. The quantitative estimate of drug-likeness (QED) is 0.549. The van der Waals surface area contributed by atoms with Crippen molar-refractivity contribution < 1.29 is 24.5 Å². The Balaban J connectivity index is 2.22. The summed E-state index contributed by atoms with van der Waals surface area (Å²) in [5, 5.41) is 22.8. The third kappa shape index (κ3) is 6.01. The van der Waals surface area contributed by atoms with E-state index in [1.165, 1.54) is 0 Å². The Morgan fingerprint density at radius 1 is 0.963 bits per heavy atom. The number of benzene rings is 2. The summed E-state index contributed by atoms with van der Waals surface area (Å²) in [6, 6.07) is 12.9. The molecule has 0 aromatic heterocycles. The molecule has 27 heavy (non-hydrogen) atoms. The van der Waals surface area contributed by atoms with E-state index in [2.05, 4.69) is 5.32 Å². The largest absolute Gasteiger partial charge is 0.446 e. The van der Waals surface area contributed by atoms with Crippen LogP contribution in [0.3, 0.4) is 0 Å². The molecule has 8 heteroatoms. The standard InChI is InChI=1S/C19H21Cl2NO5/c1-2-19(11-23,12-24)22-17(25)18(26-15-7-3-13(20)4-8-15)27-16-9-5-14(21)6-10-16/h3-10,18,23-24H,2,11-12H2,1H3,(H,22,25). The first-order valence-corrected chi connectivity index (χ1v) is 9.05. The number of halogens is 2. The van der Waals surface area contributed by atoms with Crippen molar-refractivity contribution >= 4 is 29.1 Å². The molecule has 0 fully saturated rings. The molecule has 0 heterocycles. The maximum absolute atomic E-state index is 12.7. The predicted molar refractivity (Wildman–Crippen MR) is 103 cm³/mol. The molecule has 0 radical (unpaired) electrons. The van der Waals surface area contributed by atoms with Crippen LogP contribution in [0.25, 0.3) is 0 Å². The SMILES string of the molecule is CCC(CO)(CO)NC(=O)C(Oc1ccc(Cl)cc1)Oc1ccc(Cl)cc1. The zero-order valence-corrected chi connectivity index (χ0v) is 16.2. The second kappa shape index (κ2) is 9.80. The normalized spacial score (nSPS) is 11.3. The summed E-state index contributed by atoms with van der Waals surface area (Å²) < 4.78 is 11.3. The van der Waals surface area contributed by atoms with Crippen LogP contribution in [-0.2, 0) is 4.79 Å². The molecule has 0 atom stereocenters. The maximum Gasteiger partial charge on any atom is 0.321 e. The Labute approximate surface area is 167 Å². The molecule has 2 aromatic carbocycles. The number of aliphatic hydroxyl groups is 2. The fourth-order valence-corrected chi connectivity index (χ4v) is 2.42. The van der Waals surface area contributed by atoms with Crippen LogP contribution in [0.5, 0.6) is 11.5 Å². The molecule has 146 valence electrons. The summed E-state index contributed by atoms with van der Waals surface area (Å²) in [5.74, 6) is 0.0806. The molecule has 0 aliphatic rings. The highest BCUT2D eigenvalue weighted by Gasteiger charge is 2.33. The average molecular weight is 414 g/mol. The van der Waals surface area contributed by atoms with Gasteiger partial charge in [0.05, 0.1) is 18.8 Å². The van der Waals surface area contributed by atoms with Crippen molar-refractivity contribution in [2.24, 2.45) is 0 Å². The van der Waals surface area contributed by atoms with Crippen molar-refractivity contribution in [3.63, 3.8) is 0 Å². The van der Waals surface area contributed by atoms with E-state index < -0.39 is 30.9 Å². The third-order valence-electron chi connectivity index (χ3n) is 4.00. The van der Waals surface area contributed by atoms with Crippen LogP contribution >= 0.6 is 23.2 Å². The van der Waals surface area contributed by atoms with Gasteiger partial charge in [0.1, 0.15) is 11.5 Å². The van der Waals surface area contributed by atoms with E-state index in [1.54, 1.807) is 55.5 Å². The molecule has 0 aliphatic carbocycles. The Hall–Kier alpha value is -1.99. The molecule has 0 unspecified atom stereocenters. The van der Waals surface area contributed by atoms with Gasteiger partial charge in [0.2, 0.25) is 0 Å². The number of hydrogen-bond donors (Lipinski definition) is 3. The fourth-order valence-electron chi connectivity index (χ4n) is 2.17. The van der Waals surface area contributed by atoms with Gasteiger partial charge in [-0.25, -0.2) is 0 Å². The van der Waals surface area contributed by atoms with Gasteiger partial charge in [0.25, 0.3) is 0 Å². The number of amides is 1. The van der Waals surface area contributed by atoms with Crippen molar-refractivity contribution in [1.82, 2.24) is 5.32 Å². The molecule has 0 aliphatic heterocycles. The van der Waals surface area contributed by atoms with Crippen molar-refractivity contribution in [3.8, 4) is 11.5 Å². The molecule has 0 bridgehead atoms. The zero-order valence-electron chi connectivity index (χ0n) is 14.7. The summed E-state index contributed by atoms with van der Waals surface area (Å²) in [7, 11) is 0. The molecule has 1 amide bonds. The molecule has 2 rings (SSSR count). The predicted octanol–water partition coefficient (Wildman–Crippen LogP) is 3.03. The van der Waals surface area contributed by atoms with Crippen molar-refractivity contribution in [2.45, 2.75) is 25.2 Å². The lowest BCUT2D eigenvalue weighted by atomic mass is 9.98. The van der Waals surface area contributed by atoms with Crippen molar-refractivity contribution in [1.29, 1.82) is 0 Å². The lowest BCUT2D eigenvalue weighted by Crippen LogP contribution is -2.58.